The van der Waals surface area contributed by atoms with Crippen LogP contribution in [0.4, 0.5) is 0 Å². The van der Waals surface area contributed by atoms with Crippen molar-refractivity contribution in [3.05, 3.63) is 83.4 Å². The van der Waals surface area contributed by atoms with Gasteiger partial charge in [0, 0.05) is 62.9 Å². The Morgan fingerprint density at radius 1 is 1.08 bits per heavy atom. The van der Waals surface area contributed by atoms with E-state index in [-0.39, 0.29) is 12.0 Å². The zero-order valence-corrected chi connectivity index (χ0v) is 21.1. The molecule has 1 N–H and O–H groups in total. The molecule has 188 valence electrons. The molecule has 36 heavy (non-hydrogen) atoms. The molecule has 1 fully saturated rings. The molecular formula is C28H33N5O3. The number of ether oxygens (including phenoxy) is 1. The summed E-state index contributed by atoms with van der Waals surface area (Å²) in [5.74, 6) is 5.90. The maximum Gasteiger partial charge on any atom is 0.237 e. The Morgan fingerprint density at radius 2 is 1.89 bits per heavy atom. The minimum atomic E-state index is -1.03. The fourth-order valence-corrected chi connectivity index (χ4v) is 4.08. The van der Waals surface area contributed by atoms with E-state index in [1.54, 1.807) is 37.1 Å². The first-order chi connectivity index (χ1) is 17.2. The van der Waals surface area contributed by atoms with Gasteiger partial charge in [0.25, 0.3) is 0 Å². The molecule has 1 saturated heterocycles. The van der Waals surface area contributed by atoms with Crippen LogP contribution in [0.25, 0.3) is 0 Å². The number of benzene rings is 1. The highest BCUT2D eigenvalue weighted by Gasteiger charge is 2.29. The van der Waals surface area contributed by atoms with E-state index in [0.717, 1.165) is 22.3 Å². The highest BCUT2D eigenvalue weighted by Crippen LogP contribution is 2.16. The lowest BCUT2D eigenvalue weighted by molar-refractivity contribution is -0.132. The van der Waals surface area contributed by atoms with Gasteiger partial charge >= 0.3 is 0 Å². The van der Waals surface area contributed by atoms with Crippen LogP contribution in [0.15, 0.2) is 61.2 Å². The fraction of sp³-hybridized carbons (Fsp3) is 0.393. The topological polar surface area (TPSA) is 83.7 Å². The Morgan fingerprint density at radius 3 is 2.56 bits per heavy atom. The molecule has 1 aliphatic heterocycles. The molecule has 1 atom stereocenters. The van der Waals surface area contributed by atoms with E-state index < -0.39 is 5.60 Å². The average molecular weight is 488 g/mol. The molecule has 0 saturated carbocycles. The van der Waals surface area contributed by atoms with Crippen LogP contribution in [0.2, 0.25) is 0 Å². The van der Waals surface area contributed by atoms with Gasteiger partial charge in [-0.1, -0.05) is 30.0 Å². The molecule has 8 heteroatoms. The Balaban J connectivity index is 1.46. The normalized spacial score (nSPS) is 16.9. The van der Waals surface area contributed by atoms with Crippen LogP contribution >= 0.6 is 0 Å². The number of amides is 1. The van der Waals surface area contributed by atoms with E-state index in [1.807, 2.05) is 54.5 Å². The van der Waals surface area contributed by atoms with Gasteiger partial charge < -0.3 is 14.7 Å². The molecule has 4 rings (SSSR count). The van der Waals surface area contributed by atoms with Crippen molar-refractivity contribution in [1.29, 1.82) is 0 Å². The minimum absolute atomic E-state index is 0.0685. The third kappa shape index (κ3) is 7.75. The standard InChI is InChI=1S/C28H33N5O3/c1-28(2,35)11-10-22-6-8-23(9-7-22)16-32-18-26(36-21-24-5-4-12-29-13-24)19-33(27(34)20-32)17-25-14-30-31(3)15-25/h4-9,12-15,26,35H,16-21H2,1-3H3. The van der Waals surface area contributed by atoms with Gasteiger partial charge in [0.2, 0.25) is 5.91 Å². The number of hydrogen-bond acceptors (Lipinski definition) is 6. The summed E-state index contributed by atoms with van der Waals surface area (Å²) in [7, 11) is 1.87. The number of carbonyl (C=O) groups excluding carboxylic acids is 1. The number of carbonyl (C=O) groups is 1. The SMILES string of the molecule is Cn1cc(CN2CC(OCc3cccnc3)CN(Cc3ccc(C#CC(C)(C)O)cc3)CC2=O)cn1. The largest absolute Gasteiger partial charge is 0.378 e. The number of pyridine rings is 1. The minimum Gasteiger partial charge on any atom is -0.378 e. The van der Waals surface area contributed by atoms with Crippen molar-refractivity contribution in [2.45, 2.75) is 45.2 Å². The summed E-state index contributed by atoms with van der Waals surface area (Å²) in [4.78, 5) is 21.4. The van der Waals surface area contributed by atoms with E-state index in [2.05, 4.69) is 26.8 Å². The molecule has 1 amide bonds. The molecule has 3 aromatic rings. The summed E-state index contributed by atoms with van der Waals surface area (Å²) in [5, 5.41) is 14.1. The van der Waals surface area contributed by atoms with E-state index in [9.17, 15) is 9.90 Å². The Bertz CT molecular complexity index is 1210. The summed E-state index contributed by atoms with van der Waals surface area (Å²) in [5.41, 5.74) is 2.89. The first kappa shape index (κ1) is 25.6. The van der Waals surface area contributed by atoms with Gasteiger partial charge in [-0.05, 0) is 43.2 Å². The van der Waals surface area contributed by atoms with Gasteiger partial charge in [-0.25, -0.2) is 0 Å². The predicted octanol–water partition coefficient (Wildman–Crippen LogP) is 2.37. The van der Waals surface area contributed by atoms with Gasteiger partial charge in [-0.2, -0.15) is 5.10 Å². The zero-order chi connectivity index (χ0) is 25.5. The van der Waals surface area contributed by atoms with E-state index in [0.29, 0.717) is 39.3 Å². The predicted molar refractivity (Wildman–Crippen MR) is 136 cm³/mol. The molecule has 8 nitrogen and oxygen atoms in total. The van der Waals surface area contributed by atoms with Crippen LogP contribution in [0.1, 0.15) is 36.1 Å². The molecule has 0 spiro atoms. The number of aliphatic hydroxyl groups is 1. The molecule has 3 heterocycles. The molecule has 1 aliphatic rings. The summed E-state index contributed by atoms with van der Waals surface area (Å²) < 4.78 is 8.03. The summed E-state index contributed by atoms with van der Waals surface area (Å²) in [6.45, 7) is 6.35. The zero-order valence-electron chi connectivity index (χ0n) is 21.1. The maximum absolute atomic E-state index is 13.2. The number of aromatic nitrogens is 3. The Hall–Kier alpha value is -3.51. The molecule has 0 radical (unpaired) electrons. The van der Waals surface area contributed by atoms with E-state index in [4.69, 9.17) is 4.74 Å². The molecule has 0 bridgehead atoms. The smallest absolute Gasteiger partial charge is 0.237 e. The Kier molecular flexibility index (Phi) is 8.16. The van der Waals surface area contributed by atoms with Crippen molar-refractivity contribution in [3.8, 4) is 11.8 Å². The second-order valence-corrected chi connectivity index (χ2v) is 9.77. The maximum atomic E-state index is 13.2. The second-order valence-electron chi connectivity index (χ2n) is 9.77. The molecule has 1 aromatic carbocycles. The molecule has 1 unspecified atom stereocenters. The first-order valence-corrected chi connectivity index (χ1v) is 12.1. The number of rotatable bonds is 7. The lowest BCUT2D eigenvalue weighted by atomic mass is 10.1. The van der Waals surface area contributed by atoms with Gasteiger partial charge in [0.15, 0.2) is 0 Å². The van der Waals surface area contributed by atoms with Crippen molar-refractivity contribution in [2.24, 2.45) is 7.05 Å². The summed E-state index contributed by atoms with van der Waals surface area (Å²) in [6.07, 6.45) is 7.13. The summed E-state index contributed by atoms with van der Waals surface area (Å²) >= 11 is 0. The number of nitrogens with zero attached hydrogens (tertiary/aromatic N) is 5. The third-order valence-electron chi connectivity index (χ3n) is 5.81. The molecule has 2 aromatic heterocycles. The van der Waals surface area contributed by atoms with Crippen molar-refractivity contribution in [1.82, 2.24) is 24.6 Å². The van der Waals surface area contributed by atoms with Crippen molar-refractivity contribution in [3.63, 3.8) is 0 Å². The molecular weight excluding hydrogens is 454 g/mol. The monoisotopic (exact) mass is 487 g/mol. The van der Waals surface area contributed by atoms with E-state index >= 15 is 0 Å². The Labute approximate surface area is 212 Å². The van der Waals surface area contributed by atoms with Crippen LogP contribution in [0, 0.1) is 11.8 Å². The highest BCUT2D eigenvalue weighted by molar-refractivity contribution is 5.78. The van der Waals surface area contributed by atoms with Crippen molar-refractivity contribution >= 4 is 5.91 Å². The van der Waals surface area contributed by atoms with Crippen LogP contribution in [0.3, 0.4) is 0 Å². The highest BCUT2D eigenvalue weighted by atomic mass is 16.5. The third-order valence-corrected chi connectivity index (χ3v) is 5.81. The van der Waals surface area contributed by atoms with Gasteiger partial charge in [-0.3, -0.25) is 19.4 Å². The summed E-state index contributed by atoms with van der Waals surface area (Å²) in [6, 6.07) is 11.8. The van der Waals surface area contributed by atoms with Gasteiger partial charge in [0.1, 0.15) is 5.60 Å². The van der Waals surface area contributed by atoms with Crippen molar-refractivity contribution < 1.29 is 14.6 Å². The number of aryl methyl sites for hydroxylation is 1. The van der Waals surface area contributed by atoms with E-state index in [1.165, 1.54) is 0 Å². The van der Waals surface area contributed by atoms with Crippen LogP contribution in [-0.4, -0.2) is 66.9 Å². The van der Waals surface area contributed by atoms with Crippen LogP contribution in [0.5, 0.6) is 0 Å². The lowest BCUT2D eigenvalue weighted by Gasteiger charge is -2.24. The second kappa shape index (κ2) is 11.5. The van der Waals surface area contributed by atoms with Gasteiger partial charge in [-0.15, -0.1) is 0 Å². The van der Waals surface area contributed by atoms with Crippen LogP contribution < -0.4 is 0 Å². The first-order valence-electron chi connectivity index (χ1n) is 12.1. The van der Waals surface area contributed by atoms with Gasteiger partial charge in [0.05, 0.1) is 25.5 Å². The fourth-order valence-electron chi connectivity index (χ4n) is 4.08. The van der Waals surface area contributed by atoms with Crippen LogP contribution in [-0.2, 0) is 36.3 Å². The molecule has 0 aliphatic carbocycles. The lowest BCUT2D eigenvalue weighted by Crippen LogP contribution is -2.37. The quantitative estimate of drug-likeness (QED) is 0.515. The average Bonchev–Trinajstić information content (AvgIpc) is 3.19. The number of hydrogen-bond donors (Lipinski definition) is 1. The van der Waals surface area contributed by atoms with Crippen molar-refractivity contribution in [2.75, 3.05) is 19.6 Å².